The molecular weight excluding hydrogens is 436 g/mol. The number of aliphatic imine (C=N–C) groups is 1. The first-order chi connectivity index (χ1) is 17.0. The molecule has 6 rings (SSSR count). The molecule has 1 aliphatic carbocycles. The summed E-state index contributed by atoms with van der Waals surface area (Å²) in [4.78, 5) is 18.5. The molecule has 2 aromatic carbocycles. The second kappa shape index (κ2) is 7.99. The highest BCUT2D eigenvalue weighted by atomic mass is 16.3. The molecule has 3 N–H and O–H groups in total. The van der Waals surface area contributed by atoms with Gasteiger partial charge in [0, 0.05) is 47.6 Å². The molecule has 5 aromatic rings. The molecule has 0 bridgehead atoms. The predicted molar refractivity (Wildman–Crippen MR) is 140 cm³/mol. The lowest BCUT2D eigenvalue weighted by atomic mass is 9.68. The summed E-state index contributed by atoms with van der Waals surface area (Å²) < 4.78 is 2.06. The predicted octanol–water partition coefficient (Wildman–Crippen LogP) is 4.89. The van der Waals surface area contributed by atoms with Crippen molar-refractivity contribution in [1.29, 1.82) is 0 Å². The van der Waals surface area contributed by atoms with Crippen LogP contribution >= 0.6 is 0 Å². The van der Waals surface area contributed by atoms with Crippen LogP contribution in [0.3, 0.4) is 0 Å². The molecule has 1 aliphatic rings. The molecule has 3 aromatic heterocycles. The average Bonchev–Trinajstić information content (AvgIpc) is 3.26. The third-order valence-electron chi connectivity index (χ3n) is 7.24. The molecule has 0 saturated heterocycles. The topological polar surface area (TPSA) is 102 Å². The van der Waals surface area contributed by atoms with Gasteiger partial charge in [-0.25, -0.2) is 9.97 Å². The summed E-state index contributed by atoms with van der Waals surface area (Å²) in [6.07, 6.45) is 6.66. The van der Waals surface area contributed by atoms with Crippen LogP contribution in [0.4, 0.5) is 5.69 Å². The molecule has 0 radical (unpaired) electrons. The van der Waals surface area contributed by atoms with E-state index in [1.54, 1.807) is 13.2 Å². The zero-order valence-corrected chi connectivity index (χ0v) is 19.7. The molecule has 0 aliphatic heterocycles. The van der Waals surface area contributed by atoms with Crippen LogP contribution in [0.2, 0.25) is 0 Å². The van der Waals surface area contributed by atoms with Crippen LogP contribution in [0.5, 0.6) is 0 Å². The average molecular weight is 463 g/mol. The summed E-state index contributed by atoms with van der Waals surface area (Å²) >= 11 is 0. The Morgan fingerprint density at radius 1 is 1.09 bits per heavy atom. The maximum absolute atomic E-state index is 10.9. The molecule has 1 fully saturated rings. The number of anilines is 1. The van der Waals surface area contributed by atoms with E-state index >= 15 is 0 Å². The van der Waals surface area contributed by atoms with Crippen LogP contribution < -0.4 is 5.73 Å². The Balaban J connectivity index is 1.46. The Bertz CT molecular complexity index is 1600. The van der Waals surface area contributed by atoms with Crippen LogP contribution in [0, 0.1) is 0 Å². The Morgan fingerprint density at radius 3 is 2.63 bits per heavy atom. The first-order valence-electron chi connectivity index (χ1n) is 11.7. The normalized spacial score (nSPS) is 20.3. The SMILES string of the molecule is CN=C(C)C1(O)CC(c2nc(-c3ccc4ccc(-c5ccccc5)nc4c3N)c3cnccn23)C1. The van der Waals surface area contributed by atoms with E-state index in [0.717, 1.165) is 50.5 Å². The van der Waals surface area contributed by atoms with Crippen molar-refractivity contribution >= 4 is 27.8 Å². The standard InChI is InChI=1S/C28H26N6O/c1-17(30-2)28(35)14-20(15-28)27-33-26(23-16-31-12-13-34(23)27)21-10-8-19-9-11-22(32-25(19)24(21)29)18-6-4-3-5-7-18/h3-13,16,20,35H,14-15,29H2,1-2H3. The number of nitrogens with zero attached hydrogens (tertiary/aromatic N) is 5. The minimum Gasteiger partial charge on any atom is -0.396 e. The zero-order valence-electron chi connectivity index (χ0n) is 19.7. The Morgan fingerprint density at radius 2 is 1.86 bits per heavy atom. The van der Waals surface area contributed by atoms with Crippen molar-refractivity contribution < 1.29 is 5.11 Å². The lowest BCUT2D eigenvalue weighted by molar-refractivity contribution is 0.0126. The number of nitrogen functional groups attached to an aromatic ring is 1. The summed E-state index contributed by atoms with van der Waals surface area (Å²) in [5, 5.41) is 11.9. The van der Waals surface area contributed by atoms with E-state index in [1.807, 2.05) is 67.8 Å². The van der Waals surface area contributed by atoms with Crippen LogP contribution in [0.15, 0.2) is 78.2 Å². The molecule has 35 heavy (non-hydrogen) atoms. The van der Waals surface area contributed by atoms with Gasteiger partial charge in [0.05, 0.1) is 28.6 Å². The first-order valence-corrected chi connectivity index (χ1v) is 11.7. The molecule has 1 saturated carbocycles. The molecule has 0 unspecified atom stereocenters. The summed E-state index contributed by atoms with van der Waals surface area (Å²) in [6.45, 7) is 1.88. The maximum atomic E-state index is 10.9. The van der Waals surface area contributed by atoms with Crippen molar-refractivity contribution in [3.8, 4) is 22.5 Å². The third-order valence-corrected chi connectivity index (χ3v) is 7.24. The van der Waals surface area contributed by atoms with Crippen molar-refractivity contribution in [3.63, 3.8) is 0 Å². The summed E-state index contributed by atoms with van der Waals surface area (Å²) in [7, 11) is 1.72. The number of hydrogen-bond donors (Lipinski definition) is 2. The van der Waals surface area contributed by atoms with Gasteiger partial charge in [0.15, 0.2) is 0 Å². The van der Waals surface area contributed by atoms with Crippen molar-refractivity contribution in [2.75, 3.05) is 12.8 Å². The van der Waals surface area contributed by atoms with E-state index in [0.29, 0.717) is 18.5 Å². The number of rotatable bonds is 4. The Kier molecular flexibility index (Phi) is 4.89. The molecule has 0 amide bonds. The molecule has 3 heterocycles. The van der Waals surface area contributed by atoms with Gasteiger partial charge in [-0.15, -0.1) is 0 Å². The number of hydrogen-bond acceptors (Lipinski definition) is 6. The van der Waals surface area contributed by atoms with E-state index in [9.17, 15) is 5.11 Å². The smallest absolute Gasteiger partial charge is 0.117 e. The van der Waals surface area contributed by atoms with Gasteiger partial charge in [0.25, 0.3) is 0 Å². The number of imidazole rings is 1. The largest absolute Gasteiger partial charge is 0.396 e. The third kappa shape index (κ3) is 3.39. The molecule has 7 heteroatoms. The van der Waals surface area contributed by atoms with Gasteiger partial charge in [-0.1, -0.05) is 42.5 Å². The maximum Gasteiger partial charge on any atom is 0.117 e. The van der Waals surface area contributed by atoms with E-state index < -0.39 is 5.60 Å². The second-order valence-corrected chi connectivity index (χ2v) is 9.26. The molecule has 174 valence electrons. The molecular formula is C28H26N6O. The highest BCUT2D eigenvalue weighted by Crippen LogP contribution is 2.46. The van der Waals surface area contributed by atoms with Gasteiger partial charge in [0.1, 0.15) is 17.1 Å². The van der Waals surface area contributed by atoms with E-state index in [4.69, 9.17) is 15.7 Å². The Hall–Kier alpha value is -4.10. The zero-order chi connectivity index (χ0) is 24.2. The van der Waals surface area contributed by atoms with Crippen LogP contribution in [0.1, 0.15) is 31.5 Å². The highest BCUT2D eigenvalue weighted by Gasteiger charge is 2.47. The quantitative estimate of drug-likeness (QED) is 0.292. The second-order valence-electron chi connectivity index (χ2n) is 9.26. The fourth-order valence-corrected chi connectivity index (χ4v) is 5.08. The van der Waals surface area contributed by atoms with Gasteiger partial charge >= 0.3 is 0 Å². The fraction of sp³-hybridized carbons (Fsp3) is 0.214. The summed E-state index contributed by atoms with van der Waals surface area (Å²) in [6, 6.07) is 18.2. The minimum absolute atomic E-state index is 0.116. The summed E-state index contributed by atoms with van der Waals surface area (Å²) in [5.74, 6) is 1.02. The molecule has 0 spiro atoms. The van der Waals surface area contributed by atoms with Crippen molar-refractivity contribution in [2.45, 2.75) is 31.3 Å². The van der Waals surface area contributed by atoms with Crippen molar-refractivity contribution in [3.05, 3.63) is 79.0 Å². The lowest BCUT2D eigenvalue weighted by Gasteiger charge is -2.42. The van der Waals surface area contributed by atoms with Gasteiger partial charge in [0.2, 0.25) is 0 Å². The van der Waals surface area contributed by atoms with Gasteiger partial charge in [-0.3, -0.25) is 14.4 Å². The summed E-state index contributed by atoms with van der Waals surface area (Å²) in [5.41, 5.74) is 12.4. The van der Waals surface area contributed by atoms with Crippen LogP contribution in [-0.4, -0.2) is 42.8 Å². The number of pyridine rings is 1. The fourth-order valence-electron chi connectivity index (χ4n) is 5.08. The number of nitrogens with two attached hydrogens (primary N) is 1. The monoisotopic (exact) mass is 462 g/mol. The van der Waals surface area contributed by atoms with Crippen LogP contribution in [0.25, 0.3) is 38.9 Å². The van der Waals surface area contributed by atoms with Gasteiger partial charge < -0.3 is 10.8 Å². The van der Waals surface area contributed by atoms with Crippen molar-refractivity contribution in [1.82, 2.24) is 19.4 Å². The van der Waals surface area contributed by atoms with E-state index in [-0.39, 0.29) is 5.92 Å². The Labute approximate surface area is 203 Å². The van der Waals surface area contributed by atoms with Crippen molar-refractivity contribution in [2.24, 2.45) is 4.99 Å². The number of aromatic nitrogens is 4. The van der Waals surface area contributed by atoms with Crippen LogP contribution in [-0.2, 0) is 0 Å². The molecule has 7 nitrogen and oxygen atoms in total. The number of fused-ring (bicyclic) bond motifs is 2. The first kappa shape index (κ1) is 21.4. The van der Waals surface area contributed by atoms with E-state index in [1.165, 1.54) is 0 Å². The number of benzene rings is 2. The lowest BCUT2D eigenvalue weighted by Crippen LogP contribution is -2.48. The minimum atomic E-state index is -0.863. The van der Waals surface area contributed by atoms with E-state index in [2.05, 4.69) is 20.4 Å². The highest BCUT2D eigenvalue weighted by molar-refractivity contribution is 6.00. The molecule has 0 atom stereocenters. The number of aliphatic hydroxyl groups is 1. The van der Waals surface area contributed by atoms with Gasteiger partial charge in [-0.05, 0) is 31.9 Å². The van der Waals surface area contributed by atoms with Gasteiger partial charge in [-0.2, -0.15) is 0 Å².